The first-order chi connectivity index (χ1) is 16.2. The summed E-state index contributed by atoms with van der Waals surface area (Å²) in [5.41, 5.74) is 6.06. The Hall–Kier alpha value is -3.84. The summed E-state index contributed by atoms with van der Waals surface area (Å²) < 4.78 is 11.3. The zero-order valence-corrected chi connectivity index (χ0v) is 18.0. The number of aromatic amines is 1. The topological polar surface area (TPSA) is 87.7 Å². The summed E-state index contributed by atoms with van der Waals surface area (Å²) in [6, 6.07) is 13.4. The summed E-state index contributed by atoms with van der Waals surface area (Å²) in [5, 5.41) is 11.4. The molecule has 1 saturated heterocycles. The number of aromatic nitrogens is 2. The van der Waals surface area contributed by atoms with E-state index in [4.69, 9.17) is 9.47 Å². The number of ether oxygens (including phenoxy) is 2. The number of phenols is 1. The number of benzene rings is 2. The van der Waals surface area contributed by atoms with Gasteiger partial charge in [0.05, 0.1) is 25.4 Å². The highest BCUT2D eigenvalue weighted by Crippen LogP contribution is 2.40. The zero-order chi connectivity index (χ0) is 22.4. The first kappa shape index (κ1) is 22.0. The molecule has 1 fully saturated rings. The second-order valence-electron chi connectivity index (χ2n) is 8.35. The maximum Gasteiger partial charge on any atom is 0.257 e. The third-order valence-corrected chi connectivity index (χ3v) is 6.39. The number of hydrogen-bond acceptors (Lipinski definition) is 5. The van der Waals surface area contributed by atoms with Crippen molar-refractivity contribution in [1.29, 1.82) is 0 Å². The van der Waals surface area contributed by atoms with Gasteiger partial charge in [-0.15, -0.1) is 0 Å². The number of phenolic OH excluding ortho intramolecular Hbond substituents is 1. The van der Waals surface area contributed by atoms with E-state index >= 15 is 0 Å². The van der Waals surface area contributed by atoms with Crippen LogP contribution in [0.4, 0.5) is 0 Å². The number of H-pyrrole nitrogens is 1. The molecule has 7 heteroatoms. The van der Waals surface area contributed by atoms with Crippen LogP contribution in [0.3, 0.4) is 0 Å². The van der Waals surface area contributed by atoms with E-state index in [0.717, 1.165) is 45.5 Å². The molecule has 4 aromatic rings. The van der Waals surface area contributed by atoms with Gasteiger partial charge in [-0.05, 0) is 29.3 Å². The molecule has 2 aromatic carbocycles. The molecular weight excluding hydrogens is 430 g/mol. The number of fused-ring (bicyclic) bond motifs is 2. The van der Waals surface area contributed by atoms with Gasteiger partial charge in [-0.1, -0.05) is 31.7 Å². The fourth-order valence-electron chi connectivity index (χ4n) is 4.64. The van der Waals surface area contributed by atoms with Gasteiger partial charge in [-0.2, -0.15) is 0 Å². The Balaban J connectivity index is 0.00000241. The molecule has 7 nitrogen and oxygen atoms in total. The largest absolute Gasteiger partial charge is 0.507 e. The van der Waals surface area contributed by atoms with Crippen molar-refractivity contribution >= 4 is 16.9 Å². The van der Waals surface area contributed by atoms with Gasteiger partial charge < -0.3 is 24.5 Å². The molecule has 2 N–H and O–H groups in total. The second-order valence-corrected chi connectivity index (χ2v) is 8.35. The van der Waals surface area contributed by atoms with Gasteiger partial charge in [-0.3, -0.25) is 4.79 Å². The van der Waals surface area contributed by atoms with Crippen LogP contribution >= 0.6 is 0 Å². The van der Waals surface area contributed by atoms with Gasteiger partial charge in [0.2, 0.25) is 0 Å². The average Bonchev–Trinajstić information content (AvgIpc) is 3.51. The third kappa shape index (κ3) is 3.68. The van der Waals surface area contributed by atoms with Crippen molar-refractivity contribution in [2.24, 2.45) is 0 Å². The van der Waals surface area contributed by atoms with Crippen molar-refractivity contribution in [3.63, 3.8) is 0 Å². The normalized spacial score (nSPS) is 15.0. The summed E-state index contributed by atoms with van der Waals surface area (Å²) in [7, 11) is 0. The van der Waals surface area contributed by atoms with Crippen LogP contribution in [-0.4, -0.2) is 58.8 Å². The number of rotatable bonds is 3. The minimum atomic E-state index is -0.189. The molecule has 2 aliphatic heterocycles. The molecule has 1 amide bonds. The first-order valence-corrected chi connectivity index (χ1v) is 11.1. The van der Waals surface area contributed by atoms with Crippen molar-refractivity contribution in [2.75, 3.05) is 32.9 Å². The lowest BCUT2D eigenvalue weighted by Gasteiger charge is -2.27. The number of nitrogens with one attached hydrogen (secondary N) is 1. The van der Waals surface area contributed by atoms with E-state index < -0.39 is 0 Å². The molecule has 0 atom stereocenters. The number of morpholine rings is 1. The highest BCUT2D eigenvalue weighted by molar-refractivity contribution is 6.00. The molecule has 34 heavy (non-hydrogen) atoms. The molecule has 2 aliphatic rings. The van der Waals surface area contributed by atoms with E-state index in [1.807, 2.05) is 12.3 Å². The summed E-state index contributed by atoms with van der Waals surface area (Å²) in [4.78, 5) is 22.6. The maximum absolute atomic E-state index is 13.0. The number of nitrogens with zero attached hydrogens (tertiary/aromatic N) is 2. The lowest BCUT2D eigenvalue weighted by atomic mass is 9.98. The van der Waals surface area contributed by atoms with Crippen molar-refractivity contribution < 1.29 is 19.4 Å². The molecule has 6 rings (SSSR count). The first-order valence-electron chi connectivity index (χ1n) is 11.1. The van der Waals surface area contributed by atoms with E-state index in [1.54, 1.807) is 23.2 Å². The van der Waals surface area contributed by atoms with Gasteiger partial charge >= 0.3 is 0 Å². The predicted molar refractivity (Wildman–Crippen MR) is 131 cm³/mol. The smallest absolute Gasteiger partial charge is 0.257 e. The standard InChI is InChI=1S/C26H23N3O4.CH4/c30-23-5-4-17(12-21(23)26(31)29-7-10-32-11-8-29)18-13-20-22(15-28-25(20)27-14-18)19-3-1-2-16-6-9-33-24(16)19;/h1-5,12-15,30H,6-11H2,(H,27,28);1H4. The van der Waals surface area contributed by atoms with Crippen LogP contribution in [0.2, 0.25) is 0 Å². The van der Waals surface area contributed by atoms with E-state index in [0.29, 0.717) is 32.9 Å². The fourth-order valence-corrected chi connectivity index (χ4v) is 4.64. The average molecular weight is 458 g/mol. The molecule has 0 aliphatic carbocycles. The SMILES string of the molecule is C.O=C(c1cc(-c2cnc3[nH]cc(-c4cccc5c4OCC5)c3c2)ccc1O)N1CCOCC1. The van der Waals surface area contributed by atoms with Crippen LogP contribution in [0.25, 0.3) is 33.3 Å². The number of carbonyl (C=O) groups excluding carboxylic acids is 1. The Bertz CT molecular complexity index is 1370. The molecule has 0 bridgehead atoms. The van der Waals surface area contributed by atoms with Crippen LogP contribution in [-0.2, 0) is 11.2 Å². The van der Waals surface area contributed by atoms with E-state index in [9.17, 15) is 9.90 Å². The highest BCUT2D eigenvalue weighted by atomic mass is 16.5. The quantitative estimate of drug-likeness (QED) is 0.468. The summed E-state index contributed by atoms with van der Waals surface area (Å²) in [6.45, 7) is 2.76. The summed E-state index contributed by atoms with van der Waals surface area (Å²) >= 11 is 0. The molecule has 2 aromatic heterocycles. The fraction of sp³-hybridized carbons (Fsp3) is 0.259. The second kappa shape index (κ2) is 8.83. The number of pyridine rings is 1. The van der Waals surface area contributed by atoms with Crippen LogP contribution < -0.4 is 4.74 Å². The molecule has 0 saturated carbocycles. The third-order valence-electron chi connectivity index (χ3n) is 6.39. The zero-order valence-electron chi connectivity index (χ0n) is 18.0. The van der Waals surface area contributed by atoms with Crippen molar-refractivity contribution in [3.8, 4) is 33.8 Å². The van der Waals surface area contributed by atoms with E-state index in [1.165, 1.54) is 5.56 Å². The lowest BCUT2D eigenvalue weighted by Crippen LogP contribution is -2.40. The minimum absolute atomic E-state index is 0. The van der Waals surface area contributed by atoms with Crippen LogP contribution in [0.1, 0.15) is 23.3 Å². The maximum atomic E-state index is 13.0. The van der Waals surface area contributed by atoms with Crippen LogP contribution in [0.5, 0.6) is 11.5 Å². The number of aromatic hydroxyl groups is 1. The summed E-state index contributed by atoms with van der Waals surface area (Å²) in [6.07, 6.45) is 4.66. The molecule has 0 unspecified atom stereocenters. The number of hydrogen-bond donors (Lipinski definition) is 2. The van der Waals surface area contributed by atoms with Crippen LogP contribution in [0.15, 0.2) is 54.9 Å². The number of amides is 1. The number of para-hydroxylation sites is 1. The van der Waals surface area contributed by atoms with Crippen LogP contribution in [0, 0.1) is 0 Å². The van der Waals surface area contributed by atoms with Crippen molar-refractivity contribution in [2.45, 2.75) is 13.8 Å². The Morgan fingerprint density at radius 1 is 1.03 bits per heavy atom. The van der Waals surface area contributed by atoms with Gasteiger partial charge in [0, 0.05) is 54.0 Å². The highest BCUT2D eigenvalue weighted by Gasteiger charge is 2.23. The number of carbonyl (C=O) groups is 1. The van der Waals surface area contributed by atoms with Gasteiger partial charge in [0.15, 0.2) is 0 Å². The van der Waals surface area contributed by atoms with E-state index in [-0.39, 0.29) is 24.6 Å². The van der Waals surface area contributed by atoms with Gasteiger partial charge in [0.1, 0.15) is 17.1 Å². The Labute approximate surface area is 198 Å². The van der Waals surface area contributed by atoms with Crippen molar-refractivity contribution in [3.05, 3.63) is 66.0 Å². The molecule has 4 heterocycles. The Morgan fingerprint density at radius 2 is 1.88 bits per heavy atom. The van der Waals surface area contributed by atoms with Crippen molar-refractivity contribution in [1.82, 2.24) is 14.9 Å². The Morgan fingerprint density at radius 3 is 2.74 bits per heavy atom. The predicted octanol–water partition coefficient (Wildman–Crippen LogP) is 4.65. The molecular formula is C27H27N3O4. The molecule has 174 valence electrons. The lowest BCUT2D eigenvalue weighted by molar-refractivity contribution is 0.0301. The van der Waals surface area contributed by atoms with Gasteiger partial charge in [0.25, 0.3) is 5.91 Å². The minimum Gasteiger partial charge on any atom is -0.507 e. The van der Waals surface area contributed by atoms with Gasteiger partial charge in [-0.25, -0.2) is 4.98 Å². The monoisotopic (exact) mass is 457 g/mol. The molecule has 0 spiro atoms. The Kier molecular flexibility index (Phi) is 5.71. The molecule has 0 radical (unpaired) electrons. The van der Waals surface area contributed by atoms with E-state index in [2.05, 4.69) is 34.2 Å². The summed E-state index contributed by atoms with van der Waals surface area (Å²) in [5.74, 6) is 0.724.